The molecule has 110 valence electrons. The molecule has 0 aromatic heterocycles. The quantitative estimate of drug-likeness (QED) is 0.621. The van der Waals surface area contributed by atoms with E-state index in [4.69, 9.17) is 0 Å². The fourth-order valence-corrected chi connectivity index (χ4v) is 1.95. The van der Waals surface area contributed by atoms with Crippen LogP contribution in [0.1, 0.15) is 24.2 Å². The third kappa shape index (κ3) is 3.25. The Morgan fingerprint density at radius 3 is 2.43 bits per heavy atom. The van der Waals surface area contributed by atoms with E-state index >= 15 is 0 Å². The van der Waals surface area contributed by atoms with Crippen molar-refractivity contribution in [3.05, 3.63) is 29.8 Å². The highest BCUT2D eigenvalue weighted by atomic mass is 16.2. The topological polar surface area (TPSA) is 95.6 Å². The second-order valence-electron chi connectivity index (χ2n) is 4.78. The van der Waals surface area contributed by atoms with Crippen LogP contribution in [0.5, 0.6) is 0 Å². The molecule has 7 heteroatoms. The van der Waals surface area contributed by atoms with Crippen LogP contribution in [0.15, 0.2) is 24.3 Å². The van der Waals surface area contributed by atoms with Gasteiger partial charge >= 0.3 is 6.03 Å². The number of piperazine rings is 1. The van der Waals surface area contributed by atoms with Gasteiger partial charge in [-0.05, 0) is 38.1 Å². The average Bonchev–Trinajstić information content (AvgIpc) is 2.43. The molecule has 1 aromatic carbocycles. The van der Waals surface area contributed by atoms with E-state index in [-0.39, 0.29) is 12.3 Å². The van der Waals surface area contributed by atoms with Crippen molar-refractivity contribution >= 4 is 29.3 Å². The number of amides is 4. The Bertz CT molecular complexity index is 609. The van der Waals surface area contributed by atoms with Crippen molar-refractivity contribution in [1.29, 1.82) is 0 Å². The number of imide groups is 1. The van der Waals surface area contributed by atoms with E-state index in [2.05, 4.69) is 10.6 Å². The molecule has 0 bridgehead atoms. The van der Waals surface area contributed by atoms with Crippen LogP contribution in [0.4, 0.5) is 10.5 Å². The number of nitrogens with one attached hydrogen (secondary N) is 2. The molecule has 0 spiro atoms. The number of urea groups is 1. The number of anilines is 1. The number of hydrogen-bond acceptors (Lipinski definition) is 4. The number of rotatable bonds is 2. The summed E-state index contributed by atoms with van der Waals surface area (Å²) in [6.07, 6.45) is 0. The van der Waals surface area contributed by atoms with Crippen LogP contribution in [0, 0.1) is 0 Å². The molecule has 0 radical (unpaired) electrons. The number of nitrogens with zero attached hydrogens (tertiary/aromatic N) is 1. The van der Waals surface area contributed by atoms with Crippen LogP contribution in [0.3, 0.4) is 0 Å². The van der Waals surface area contributed by atoms with E-state index in [1.807, 2.05) is 0 Å². The maximum absolute atomic E-state index is 12.1. The van der Waals surface area contributed by atoms with Gasteiger partial charge < -0.3 is 10.2 Å². The smallest absolute Gasteiger partial charge is 0.308 e. The molecular formula is C14H15N3O4. The lowest BCUT2D eigenvalue weighted by atomic mass is 10.1. The lowest BCUT2D eigenvalue weighted by Gasteiger charge is -2.31. The van der Waals surface area contributed by atoms with E-state index in [0.29, 0.717) is 11.3 Å². The number of carbonyl (C=O) groups excluding carboxylic acids is 4. The molecule has 1 atom stereocenters. The first kappa shape index (κ1) is 14.7. The Hall–Kier alpha value is -2.70. The molecule has 1 aromatic rings. The summed E-state index contributed by atoms with van der Waals surface area (Å²) >= 11 is 0. The molecule has 1 aliphatic heterocycles. The van der Waals surface area contributed by atoms with Gasteiger partial charge in [-0.1, -0.05) is 0 Å². The third-order valence-corrected chi connectivity index (χ3v) is 3.23. The highest BCUT2D eigenvalue weighted by molar-refractivity contribution is 6.05. The summed E-state index contributed by atoms with van der Waals surface area (Å²) in [7, 11) is 0. The highest BCUT2D eigenvalue weighted by Crippen LogP contribution is 2.13. The van der Waals surface area contributed by atoms with E-state index < -0.39 is 23.9 Å². The summed E-state index contributed by atoms with van der Waals surface area (Å²) in [5, 5.41) is 4.75. The fourth-order valence-electron chi connectivity index (χ4n) is 1.95. The van der Waals surface area contributed by atoms with Gasteiger partial charge in [0, 0.05) is 11.3 Å². The first-order chi connectivity index (χ1) is 9.88. The van der Waals surface area contributed by atoms with Gasteiger partial charge in [-0.2, -0.15) is 0 Å². The summed E-state index contributed by atoms with van der Waals surface area (Å²) in [6, 6.07) is 5.10. The van der Waals surface area contributed by atoms with Gasteiger partial charge in [0.05, 0.1) is 0 Å². The van der Waals surface area contributed by atoms with E-state index in [1.54, 1.807) is 31.2 Å². The van der Waals surface area contributed by atoms with Crippen LogP contribution in [-0.2, 0) is 9.59 Å². The predicted octanol–water partition coefficient (Wildman–Crippen LogP) is 0.768. The summed E-state index contributed by atoms with van der Waals surface area (Å²) < 4.78 is 0. The molecule has 0 aliphatic carbocycles. The minimum atomic E-state index is -0.723. The molecule has 1 fully saturated rings. The summed E-state index contributed by atoms with van der Waals surface area (Å²) in [5.41, 5.74) is 1.02. The van der Waals surface area contributed by atoms with Gasteiger partial charge in [-0.3, -0.25) is 19.7 Å². The largest absolute Gasteiger partial charge is 0.322 e. The average molecular weight is 289 g/mol. The molecule has 2 rings (SSSR count). The molecule has 1 saturated heterocycles. The van der Waals surface area contributed by atoms with Crippen LogP contribution >= 0.6 is 0 Å². The minimum absolute atomic E-state index is 0.0696. The Kier molecular flexibility index (Phi) is 4.02. The number of hydrogen-bond donors (Lipinski definition) is 2. The molecule has 4 amide bonds. The van der Waals surface area contributed by atoms with Crippen molar-refractivity contribution in [3.63, 3.8) is 0 Å². The van der Waals surface area contributed by atoms with Crippen LogP contribution < -0.4 is 10.6 Å². The summed E-state index contributed by atoms with van der Waals surface area (Å²) in [4.78, 5) is 47.2. The summed E-state index contributed by atoms with van der Waals surface area (Å²) in [6.45, 7) is 2.82. The van der Waals surface area contributed by atoms with Crippen LogP contribution in [0.25, 0.3) is 0 Å². The van der Waals surface area contributed by atoms with Crippen molar-refractivity contribution in [1.82, 2.24) is 10.2 Å². The molecule has 2 N–H and O–H groups in total. The van der Waals surface area contributed by atoms with Gasteiger partial charge in [0.2, 0.25) is 11.8 Å². The molecule has 21 heavy (non-hydrogen) atoms. The zero-order chi connectivity index (χ0) is 15.6. The Morgan fingerprint density at radius 1 is 1.24 bits per heavy atom. The molecular weight excluding hydrogens is 274 g/mol. The molecule has 0 saturated carbocycles. The zero-order valence-electron chi connectivity index (χ0n) is 11.7. The Morgan fingerprint density at radius 2 is 1.86 bits per heavy atom. The second-order valence-corrected chi connectivity index (χ2v) is 4.78. The maximum atomic E-state index is 12.1. The normalized spacial score (nSPS) is 18.2. The zero-order valence-corrected chi connectivity index (χ0v) is 11.7. The van der Waals surface area contributed by atoms with Crippen molar-refractivity contribution in [2.75, 3.05) is 11.9 Å². The first-order valence-corrected chi connectivity index (χ1v) is 6.41. The lowest BCUT2D eigenvalue weighted by Crippen LogP contribution is -2.59. The van der Waals surface area contributed by atoms with Crippen molar-refractivity contribution in [2.45, 2.75) is 19.9 Å². The van der Waals surface area contributed by atoms with Gasteiger partial charge in [-0.15, -0.1) is 0 Å². The molecule has 1 aliphatic rings. The van der Waals surface area contributed by atoms with Crippen LogP contribution in [0.2, 0.25) is 0 Å². The second kappa shape index (κ2) is 5.74. The minimum Gasteiger partial charge on any atom is -0.308 e. The molecule has 7 nitrogen and oxygen atoms in total. The third-order valence-electron chi connectivity index (χ3n) is 3.23. The first-order valence-electron chi connectivity index (χ1n) is 6.41. The summed E-state index contributed by atoms with van der Waals surface area (Å²) in [5.74, 6) is -1.09. The number of ketones is 1. The van der Waals surface area contributed by atoms with E-state index in [9.17, 15) is 19.2 Å². The molecule has 1 heterocycles. The van der Waals surface area contributed by atoms with Crippen molar-refractivity contribution in [2.24, 2.45) is 0 Å². The standard InChI is InChI=1S/C14H15N3O4/c1-8-13(20)16-12(19)7-17(8)14(21)15-11-5-3-10(4-6-11)9(2)18/h3-6,8H,7H2,1-2H3,(H,15,21)(H,16,19,20). The van der Waals surface area contributed by atoms with E-state index in [1.165, 1.54) is 6.92 Å². The van der Waals surface area contributed by atoms with E-state index in [0.717, 1.165) is 4.90 Å². The SMILES string of the molecule is CC(=O)c1ccc(NC(=O)N2CC(=O)NC(=O)C2C)cc1. The number of carbonyl (C=O) groups is 4. The van der Waals surface area contributed by atoms with Gasteiger partial charge in [-0.25, -0.2) is 4.79 Å². The lowest BCUT2D eigenvalue weighted by molar-refractivity contribution is -0.137. The fraction of sp³-hybridized carbons (Fsp3) is 0.286. The van der Waals surface area contributed by atoms with Crippen molar-refractivity contribution < 1.29 is 19.2 Å². The highest BCUT2D eigenvalue weighted by Gasteiger charge is 2.33. The predicted molar refractivity (Wildman–Crippen MR) is 74.8 cm³/mol. The number of benzene rings is 1. The molecule has 1 unspecified atom stereocenters. The van der Waals surface area contributed by atoms with Crippen molar-refractivity contribution in [3.8, 4) is 0 Å². The Labute approximate surface area is 121 Å². The van der Waals surface area contributed by atoms with Gasteiger partial charge in [0.15, 0.2) is 5.78 Å². The van der Waals surface area contributed by atoms with Gasteiger partial charge in [0.1, 0.15) is 12.6 Å². The maximum Gasteiger partial charge on any atom is 0.322 e. The van der Waals surface area contributed by atoms with Gasteiger partial charge in [0.25, 0.3) is 0 Å². The monoisotopic (exact) mass is 289 g/mol. The number of Topliss-reactive ketones (excluding diaryl/α,β-unsaturated/α-hetero) is 1. The Balaban J connectivity index is 2.08. The van der Waals surface area contributed by atoms with Crippen LogP contribution in [-0.4, -0.2) is 41.1 Å².